The van der Waals surface area contributed by atoms with Gasteiger partial charge >= 0.3 is 5.97 Å². The predicted octanol–water partition coefficient (Wildman–Crippen LogP) is 3.81. The first kappa shape index (κ1) is 17.5. The molecule has 4 nitrogen and oxygen atoms in total. The highest BCUT2D eigenvalue weighted by molar-refractivity contribution is 6.08. The first-order chi connectivity index (χ1) is 11.6. The van der Waals surface area contributed by atoms with Crippen molar-refractivity contribution in [3.05, 3.63) is 77.9 Å². The van der Waals surface area contributed by atoms with Gasteiger partial charge in [0.25, 0.3) is 0 Å². The van der Waals surface area contributed by atoms with Crippen LogP contribution in [0.4, 0.5) is 0 Å². The summed E-state index contributed by atoms with van der Waals surface area (Å²) in [6.07, 6.45) is 0.587. The second kappa shape index (κ2) is 8.67. The first-order valence-corrected chi connectivity index (χ1v) is 7.73. The number of rotatable bonds is 8. The fourth-order valence-corrected chi connectivity index (χ4v) is 2.00. The van der Waals surface area contributed by atoms with Crippen LogP contribution in [0, 0.1) is 0 Å². The van der Waals surface area contributed by atoms with Gasteiger partial charge in [0.1, 0.15) is 5.75 Å². The molecule has 0 spiro atoms. The lowest BCUT2D eigenvalue weighted by Crippen LogP contribution is -2.09. The van der Waals surface area contributed by atoms with E-state index in [1.807, 2.05) is 18.2 Å². The second-order valence-corrected chi connectivity index (χ2v) is 5.34. The quantitative estimate of drug-likeness (QED) is 0.321. The van der Waals surface area contributed by atoms with Gasteiger partial charge in [-0.2, -0.15) is 0 Å². The van der Waals surface area contributed by atoms with E-state index < -0.39 is 5.97 Å². The van der Waals surface area contributed by atoms with Crippen LogP contribution in [0.3, 0.4) is 0 Å². The van der Waals surface area contributed by atoms with E-state index in [0.717, 1.165) is 0 Å². The Morgan fingerprint density at radius 1 is 0.917 bits per heavy atom. The molecule has 0 aliphatic carbocycles. The minimum absolute atomic E-state index is 0.0196. The van der Waals surface area contributed by atoms with E-state index in [1.54, 1.807) is 43.3 Å². The molecule has 2 aromatic rings. The summed E-state index contributed by atoms with van der Waals surface area (Å²) in [4.78, 5) is 23.5. The minimum Gasteiger partial charge on any atom is -0.493 e. The maximum Gasteiger partial charge on any atom is 0.333 e. The molecule has 4 heteroatoms. The number of carbonyl (C=O) groups excluding carboxylic acids is 2. The zero-order valence-electron chi connectivity index (χ0n) is 13.7. The third-order valence-electron chi connectivity index (χ3n) is 3.29. The van der Waals surface area contributed by atoms with Gasteiger partial charge in [-0.25, -0.2) is 4.79 Å². The van der Waals surface area contributed by atoms with Crippen LogP contribution in [0.15, 0.2) is 66.7 Å². The van der Waals surface area contributed by atoms with Gasteiger partial charge in [0.05, 0.1) is 13.2 Å². The number of esters is 1. The van der Waals surface area contributed by atoms with Crippen molar-refractivity contribution >= 4 is 11.8 Å². The van der Waals surface area contributed by atoms with Gasteiger partial charge in [-0.1, -0.05) is 36.9 Å². The van der Waals surface area contributed by atoms with Crippen LogP contribution in [0.2, 0.25) is 0 Å². The fourth-order valence-electron chi connectivity index (χ4n) is 2.00. The molecular weight excluding hydrogens is 304 g/mol. The molecule has 0 bridgehead atoms. The molecule has 124 valence electrons. The molecule has 0 saturated carbocycles. The Morgan fingerprint density at radius 2 is 1.54 bits per heavy atom. The SMILES string of the molecule is C=C(C)C(=O)OCCCOc1ccc(C(=O)c2ccccc2)cc1. The lowest BCUT2D eigenvalue weighted by atomic mass is 10.0. The van der Waals surface area contributed by atoms with Crippen molar-refractivity contribution in [2.45, 2.75) is 13.3 Å². The third-order valence-corrected chi connectivity index (χ3v) is 3.29. The van der Waals surface area contributed by atoms with Crippen LogP contribution in [-0.4, -0.2) is 25.0 Å². The third kappa shape index (κ3) is 5.09. The predicted molar refractivity (Wildman–Crippen MR) is 92.2 cm³/mol. The monoisotopic (exact) mass is 324 g/mol. The zero-order chi connectivity index (χ0) is 17.4. The summed E-state index contributed by atoms with van der Waals surface area (Å²) in [5, 5.41) is 0. The van der Waals surface area contributed by atoms with Crippen molar-refractivity contribution in [2.24, 2.45) is 0 Å². The molecule has 2 aromatic carbocycles. The molecule has 0 fully saturated rings. The van der Waals surface area contributed by atoms with Gasteiger partial charge < -0.3 is 9.47 Å². The second-order valence-electron chi connectivity index (χ2n) is 5.34. The van der Waals surface area contributed by atoms with Crippen molar-refractivity contribution in [3.63, 3.8) is 0 Å². The summed E-state index contributed by atoms with van der Waals surface area (Å²) in [7, 11) is 0. The van der Waals surface area contributed by atoms with E-state index in [1.165, 1.54) is 0 Å². The molecule has 2 rings (SSSR count). The van der Waals surface area contributed by atoms with Crippen molar-refractivity contribution in [2.75, 3.05) is 13.2 Å². The lowest BCUT2D eigenvalue weighted by Gasteiger charge is -2.08. The molecule has 24 heavy (non-hydrogen) atoms. The average Bonchev–Trinajstić information content (AvgIpc) is 2.62. The van der Waals surface area contributed by atoms with E-state index >= 15 is 0 Å². The van der Waals surface area contributed by atoms with Gasteiger partial charge in [-0.3, -0.25) is 4.79 Å². The van der Waals surface area contributed by atoms with Gasteiger partial charge in [-0.05, 0) is 31.2 Å². The Labute approximate surface area is 141 Å². The molecule has 0 radical (unpaired) electrons. The van der Waals surface area contributed by atoms with Crippen LogP contribution in [0.25, 0.3) is 0 Å². The number of ether oxygens (including phenoxy) is 2. The molecule has 0 aliphatic rings. The summed E-state index contributed by atoms with van der Waals surface area (Å²) in [5.74, 6) is 0.262. The summed E-state index contributed by atoms with van der Waals surface area (Å²) < 4.78 is 10.5. The molecule has 0 aliphatic heterocycles. The van der Waals surface area contributed by atoms with E-state index in [-0.39, 0.29) is 12.4 Å². The average molecular weight is 324 g/mol. The fraction of sp³-hybridized carbons (Fsp3) is 0.200. The molecule has 0 saturated heterocycles. The first-order valence-electron chi connectivity index (χ1n) is 7.73. The molecule has 0 heterocycles. The van der Waals surface area contributed by atoms with Crippen LogP contribution >= 0.6 is 0 Å². The summed E-state index contributed by atoms with van der Waals surface area (Å²) in [6.45, 7) is 5.83. The van der Waals surface area contributed by atoms with Gasteiger partial charge in [-0.15, -0.1) is 0 Å². The Balaban J connectivity index is 1.79. The maximum absolute atomic E-state index is 12.3. The summed E-state index contributed by atoms with van der Waals surface area (Å²) >= 11 is 0. The van der Waals surface area contributed by atoms with Crippen LogP contribution in [0.5, 0.6) is 5.75 Å². The van der Waals surface area contributed by atoms with E-state index in [9.17, 15) is 9.59 Å². The van der Waals surface area contributed by atoms with Gasteiger partial charge in [0.15, 0.2) is 5.78 Å². The number of benzene rings is 2. The standard InChI is InChI=1S/C20H20O4/c1-15(2)20(22)24-14-6-13-23-18-11-9-17(10-12-18)19(21)16-7-4-3-5-8-16/h3-5,7-12H,1,6,13-14H2,2H3. The number of ketones is 1. The Morgan fingerprint density at radius 3 is 2.17 bits per heavy atom. The smallest absolute Gasteiger partial charge is 0.333 e. The van der Waals surface area contributed by atoms with Crippen molar-refractivity contribution in [3.8, 4) is 5.75 Å². The lowest BCUT2D eigenvalue weighted by molar-refractivity contribution is -0.139. The highest BCUT2D eigenvalue weighted by Crippen LogP contribution is 2.15. The highest BCUT2D eigenvalue weighted by Gasteiger charge is 2.08. The largest absolute Gasteiger partial charge is 0.493 e. The normalized spacial score (nSPS) is 10.0. The van der Waals surface area contributed by atoms with E-state index in [4.69, 9.17) is 9.47 Å². The maximum atomic E-state index is 12.3. The number of hydrogen-bond acceptors (Lipinski definition) is 4. The number of hydrogen-bond donors (Lipinski definition) is 0. The van der Waals surface area contributed by atoms with Crippen LogP contribution in [-0.2, 0) is 9.53 Å². The van der Waals surface area contributed by atoms with Crippen molar-refractivity contribution in [1.29, 1.82) is 0 Å². The Bertz CT molecular complexity index is 702. The van der Waals surface area contributed by atoms with Gasteiger partial charge in [0, 0.05) is 23.1 Å². The molecule has 0 unspecified atom stereocenters. The van der Waals surface area contributed by atoms with Crippen LogP contribution in [0.1, 0.15) is 29.3 Å². The minimum atomic E-state index is -0.390. The van der Waals surface area contributed by atoms with Crippen molar-refractivity contribution in [1.82, 2.24) is 0 Å². The van der Waals surface area contributed by atoms with Crippen molar-refractivity contribution < 1.29 is 19.1 Å². The molecule has 0 atom stereocenters. The Kier molecular flexibility index (Phi) is 6.32. The topological polar surface area (TPSA) is 52.6 Å². The van der Waals surface area contributed by atoms with Gasteiger partial charge in [0.2, 0.25) is 0 Å². The number of carbonyl (C=O) groups is 2. The molecule has 0 amide bonds. The molecule has 0 N–H and O–H groups in total. The highest BCUT2D eigenvalue weighted by atomic mass is 16.5. The van der Waals surface area contributed by atoms with Crippen LogP contribution < -0.4 is 4.74 Å². The van der Waals surface area contributed by atoms with E-state index in [0.29, 0.717) is 35.5 Å². The molecular formula is C20H20O4. The summed E-state index contributed by atoms with van der Waals surface area (Å²) in [6, 6.07) is 16.1. The van der Waals surface area contributed by atoms with E-state index in [2.05, 4.69) is 6.58 Å². The Hall–Kier alpha value is -2.88. The zero-order valence-corrected chi connectivity index (χ0v) is 13.7. The molecule has 0 aromatic heterocycles. The summed E-state index contributed by atoms with van der Waals surface area (Å²) in [5.41, 5.74) is 1.66.